The largest absolute Gasteiger partial charge is 0.381 e. The van der Waals surface area contributed by atoms with E-state index in [9.17, 15) is 0 Å². The van der Waals surface area contributed by atoms with Crippen LogP contribution in [0.5, 0.6) is 0 Å². The highest BCUT2D eigenvalue weighted by Gasteiger charge is 1.97. The molecule has 3 aromatic carbocycles. The zero-order chi connectivity index (χ0) is 13.1. The highest BCUT2D eigenvalue weighted by atomic mass is 35.5. The standard InChI is InChI=1S/C17H14ClN/c18-16-7-9-17(10-8-16)19-12-13-5-6-14-3-1-2-4-15(14)11-13/h1-11,19H,12H2. The second-order valence-electron chi connectivity index (χ2n) is 4.54. The van der Waals surface area contributed by atoms with Gasteiger partial charge in [-0.2, -0.15) is 0 Å². The van der Waals surface area contributed by atoms with Gasteiger partial charge in [-0.1, -0.05) is 48.0 Å². The predicted molar refractivity (Wildman–Crippen MR) is 82.7 cm³/mol. The van der Waals surface area contributed by atoms with Crippen LogP contribution in [0.1, 0.15) is 5.56 Å². The quantitative estimate of drug-likeness (QED) is 0.696. The third kappa shape index (κ3) is 2.88. The first-order chi connectivity index (χ1) is 9.31. The lowest BCUT2D eigenvalue weighted by molar-refractivity contribution is 1.16. The predicted octanol–water partition coefficient (Wildman–Crippen LogP) is 5.11. The van der Waals surface area contributed by atoms with Gasteiger partial charge in [0.1, 0.15) is 0 Å². The molecule has 0 saturated heterocycles. The van der Waals surface area contributed by atoms with Gasteiger partial charge in [-0.15, -0.1) is 0 Å². The number of nitrogens with one attached hydrogen (secondary N) is 1. The van der Waals surface area contributed by atoms with Gasteiger partial charge in [0.25, 0.3) is 0 Å². The Kier molecular flexibility index (Phi) is 3.39. The summed E-state index contributed by atoms with van der Waals surface area (Å²) in [6.45, 7) is 0.812. The van der Waals surface area contributed by atoms with E-state index >= 15 is 0 Å². The van der Waals surface area contributed by atoms with Crippen LogP contribution in [0.2, 0.25) is 5.02 Å². The second-order valence-corrected chi connectivity index (χ2v) is 4.98. The molecule has 0 heterocycles. The van der Waals surface area contributed by atoms with E-state index in [4.69, 9.17) is 11.6 Å². The van der Waals surface area contributed by atoms with E-state index in [1.165, 1.54) is 16.3 Å². The fraction of sp³-hybridized carbons (Fsp3) is 0.0588. The highest BCUT2D eigenvalue weighted by molar-refractivity contribution is 6.30. The van der Waals surface area contributed by atoms with Gasteiger partial charge >= 0.3 is 0 Å². The number of anilines is 1. The number of hydrogen-bond donors (Lipinski definition) is 1. The number of rotatable bonds is 3. The van der Waals surface area contributed by atoms with Crippen molar-refractivity contribution in [2.24, 2.45) is 0 Å². The third-order valence-corrected chi connectivity index (χ3v) is 3.41. The van der Waals surface area contributed by atoms with Gasteiger partial charge in [-0.05, 0) is 46.7 Å². The number of fused-ring (bicyclic) bond motifs is 1. The maximum Gasteiger partial charge on any atom is 0.0407 e. The van der Waals surface area contributed by atoms with Crippen molar-refractivity contribution in [2.75, 3.05) is 5.32 Å². The zero-order valence-corrected chi connectivity index (χ0v) is 11.2. The highest BCUT2D eigenvalue weighted by Crippen LogP contribution is 2.18. The van der Waals surface area contributed by atoms with Crippen molar-refractivity contribution in [2.45, 2.75) is 6.54 Å². The lowest BCUT2D eigenvalue weighted by Crippen LogP contribution is -1.98. The first-order valence-corrected chi connectivity index (χ1v) is 6.66. The molecule has 0 fully saturated rings. The molecular formula is C17H14ClN. The molecule has 3 aromatic rings. The molecule has 0 spiro atoms. The van der Waals surface area contributed by atoms with Gasteiger partial charge in [0.2, 0.25) is 0 Å². The number of hydrogen-bond acceptors (Lipinski definition) is 1. The molecule has 2 heteroatoms. The Morgan fingerprint density at radius 1 is 0.789 bits per heavy atom. The summed E-state index contributed by atoms with van der Waals surface area (Å²) in [4.78, 5) is 0. The third-order valence-electron chi connectivity index (χ3n) is 3.15. The van der Waals surface area contributed by atoms with Crippen LogP contribution in [-0.2, 0) is 6.54 Å². The summed E-state index contributed by atoms with van der Waals surface area (Å²) in [6, 6.07) is 22.7. The monoisotopic (exact) mass is 267 g/mol. The minimum atomic E-state index is 0.760. The van der Waals surface area contributed by atoms with Gasteiger partial charge < -0.3 is 5.32 Å². The summed E-state index contributed by atoms with van der Waals surface area (Å²) in [5.41, 5.74) is 2.35. The molecule has 0 radical (unpaired) electrons. The Bertz CT molecular complexity index is 689. The molecule has 0 bridgehead atoms. The van der Waals surface area contributed by atoms with E-state index in [1.807, 2.05) is 24.3 Å². The Hall–Kier alpha value is -1.99. The van der Waals surface area contributed by atoms with Crippen molar-refractivity contribution >= 4 is 28.1 Å². The fourth-order valence-corrected chi connectivity index (χ4v) is 2.25. The fourth-order valence-electron chi connectivity index (χ4n) is 2.12. The van der Waals surface area contributed by atoms with Gasteiger partial charge in [0.15, 0.2) is 0 Å². The molecule has 0 aliphatic carbocycles. The maximum absolute atomic E-state index is 5.87. The summed E-state index contributed by atoms with van der Waals surface area (Å²) < 4.78 is 0. The smallest absolute Gasteiger partial charge is 0.0407 e. The molecule has 0 aliphatic heterocycles. The Morgan fingerprint density at radius 3 is 2.32 bits per heavy atom. The SMILES string of the molecule is Clc1ccc(NCc2ccc3ccccc3c2)cc1. The number of benzene rings is 3. The van der Waals surface area contributed by atoms with E-state index in [0.717, 1.165) is 17.3 Å². The zero-order valence-electron chi connectivity index (χ0n) is 10.4. The lowest BCUT2D eigenvalue weighted by atomic mass is 10.1. The van der Waals surface area contributed by atoms with Crippen LogP contribution in [-0.4, -0.2) is 0 Å². The van der Waals surface area contributed by atoms with Crippen molar-refractivity contribution in [1.82, 2.24) is 0 Å². The van der Waals surface area contributed by atoms with Crippen LogP contribution >= 0.6 is 11.6 Å². The lowest BCUT2D eigenvalue weighted by Gasteiger charge is -2.07. The van der Waals surface area contributed by atoms with Gasteiger partial charge in [0.05, 0.1) is 0 Å². The van der Waals surface area contributed by atoms with E-state index in [2.05, 4.69) is 47.8 Å². The van der Waals surface area contributed by atoms with Gasteiger partial charge in [-0.25, -0.2) is 0 Å². The summed E-state index contributed by atoms with van der Waals surface area (Å²) >= 11 is 5.87. The van der Waals surface area contributed by atoms with Gasteiger partial charge in [0, 0.05) is 17.3 Å². The first-order valence-electron chi connectivity index (χ1n) is 6.28. The van der Waals surface area contributed by atoms with Crippen LogP contribution in [0.3, 0.4) is 0 Å². The molecule has 1 nitrogen and oxygen atoms in total. The van der Waals surface area contributed by atoms with Crippen molar-refractivity contribution in [3.05, 3.63) is 77.3 Å². The molecule has 0 atom stereocenters. The topological polar surface area (TPSA) is 12.0 Å². The molecule has 0 saturated carbocycles. The molecule has 0 unspecified atom stereocenters. The molecule has 1 N–H and O–H groups in total. The van der Waals surface area contributed by atoms with Crippen LogP contribution in [0.25, 0.3) is 10.8 Å². The molecule has 0 amide bonds. The van der Waals surface area contributed by atoms with Crippen LogP contribution in [0.15, 0.2) is 66.7 Å². The van der Waals surface area contributed by atoms with Crippen molar-refractivity contribution in [3.8, 4) is 0 Å². The van der Waals surface area contributed by atoms with E-state index < -0.39 is 0 Å². The van der Waals surface area contributed by atoms with Crippen LogP contribution in [0, 0.1) is 0 Å². The molecule has 0 aromatic heterocycles. The van der Waals surface area contributed by atoms with Crippen molar-refractivity contribution < 1.29 is 0 Å². The Balaban J connectivity index is 1.76. The first kappa shape index (κ1) is 12.1. The molecular weight excluding hydrogens is 254 g/mol. The van der Waals surface area contributed by atoms with E-state index in [0.29, 0.717) is 0 Å². The van der Waals surface area contributed by atoms with Crippen molar-refractivity contribution in [1.29, 1.82) is 0 Å². The molecule has 0 aliphatic rings. The summed E-state index contributed by atoms with van der Waals surface area (Å²) in [5.74, 6) is 0. The molecule has 94 valence electrons. The Labute approximate surface area is 117 Å². The summed E-state index contributed by atoms with van der Waals surface area (Å²) in [5, 5.41) is 6.71. The van der Waals surface area contributed by atoms with E-state index in [1.54, 1.807) is 0 Å². The maximum atomic E-state index is 5.87. The van der Waals surface area contributed by atoms with E-state index in [-0.39, 0.29) is 0 Å². The second kappa shape index (κ2) is 5.33. The van der Waals surface area contributed by atoms with Gasteiger partial charge in [-0.3, -0.25) is 0 Å². The minimum absolute atomic E-state index is 0.760. The summed E-state index contributed by atoms with van der Waals surface area (Å²) in [6.07, 6.45) is 0. The average Bonchev–Trinajstić information content (AvgIpc) is 2.46. The summed E-state index contributed by atoms with van der Waals surface area (Å²) in [7, 11) is 0. The van der Waals surface area contributed by atoms with Crippen LogP contribution < -0.4 is 5.32 Å². The number of halogens is 1. The average molecular weight is 268 g/mol. The van der Waals surface area contributed by atoms with Crippen LogP contribution in [0.4, 0.5) is 5.69 Å². The Morgan fingerprint density at radius 2 is 1.53 bits per heavy atom. The molecule has 3 rings (SSSR count). The minimum Gasteiger partial charge on any atom is -0.381 e. The molecule has 19 heavy (non-hydrogen) atoms. The normalized spacial score (nSPS) is 10.6. The van der Waals surface area contributed by atoms with Crippen molar-refractivity contribution in [3.63, 3.8) is 0 Å².